The summed E-state index contributed by atoms with van der Waals surface area (Å²) < 4.78 is 39.3. The van der Waals surface area contributed by atoms with Gasteiger partial charge in [0, 0.05) is 13.2 Å². The smallest absolute Gasteiger partial charge is 0.337 e. The second kappa shape index (κ2) is 4.91. The predicted octanol–water partition coefficient (Wildman–Crippen LogP) is 3.14. The molecule has 0 radical (unpaired) electrons. The first-order valence-electron chi connectivity index (χ1n) is 5.74. The standard InChI is InChI=1S/C12H13F3N4/c1-3-8-9(7-19(2)18-8)16-11-6-4-5-10(17-11)12(13,14)15/h4-7H,3H2,1-2H3,(H,16,17). The number of nitrogens with one attached hydrogen (secondary N) is 1. The Morgan fingerprint density at radius 2 is 2.05 bits per heavy atom. The summed E-state index contributed by atoms with van der Waals surface area (Å²) in [6.07, 6.45) is -2.05. The summed E-state index contributed by atoms with van der Waals surface area (Å²) in [5.74, 6) is 0.150. The maximum absolute atomic E-state index is 12.5. The Kier molecular flexibility index (Phi) is 3.46. The Bertz CT molecular complexity index is 575. The number of aryl methyl sites for hydroxylation is 2. The van der Waals surface area contributed by atoms with Crippen LogP contribution in [0, 0.1) is 0 Å². The summed E-state index contributed by atoms with van der Waals surface area (Å²) >= 11 is 0. The third-order valence-corrected chi connectivity index (χ3v) is 2.54. The van der Waals surface area contributed by atoms with Gasteiger partial charge in [0.15, 0.2) is 0 Å². The molecule has 0 aliphatic rings. The number of aromatic nitrogens is 3. The van der Waals surface area contributed by atoms with Gasteiger partial charge >= 0.3 is 6.18 Å². The van der Waals surface area contributed by atoms with Crippen molar-refractivity contribution in [3.05, 3.63) is 35.8 Å². The van der Waals surface area contributed by atoms with E-state index >= 15 is 0 Å². The van der Waals surface area contributed by atoms with Crippen LogP contribution in [-0.2, 0) is 19.6 Å². The molecule has 0 aliphatic carbocycles. The van der Waals surface area contributed by atoms with Gasteiger partial charge in [-0.25, -0.2) is 4.98 Å². The van der Waals surface area contributed by atoms with Crippen LogP contribution in [0.5, 0.6) is 0 Å². The Labute approximate surface area is 108 Å². The monoisotopic (exact) mass is 270 g/mol. The lowest BCUT2D eigenvalue weighted by Crippen LogP contribution is -2.09. The Hall–Kier alpha value is -2.05. The van der Waals surface area contributed by atoms with E-state index in [9.17, 15) is 13.2 Å². The number of hydrogen-bond donors (Lipinski definition) is 1. The summed E-state index contributed by atoms with van der Waals surface area (Å²) in [4.78, 5) is 3.55. The van der Waals surface area contributed by atoms with Crippen LogP contribution in [0.15, 0.2) is 24.4 Å². The second-order valence-electron chi connectivity index (χ2n) is 4.05. The van der Waals surface area contributed by atoms with Crippen molar-refractivity contribution in [2.45, 2.75) is 19.5 Å². The van der Waals surface area contributed by atoms with Crippen LogP contribution in [0.2, 0.25) is 0 Å². The zero-order valence-electron chi connectivity index (χ0n) is 10.5. The summed E-state index contributed by atoms with van der Waals surface area (Å²) in [5.41, 5.74) is 0.526. The van der Waals surface area contributed by atoms with Crippen molar-refractivity contribution in [1.29, 1.82) is 0 Å². The Morgan fingerprint density at radius 3 is 2.68 bits per heavy atom. The van der Waals surface area contributed by atoms with Crippen LogP contribution >= 0.6 is 0 Å². The second-order valence-corrected chi connectivity index (χ2v) is 4.05. The number of hydrogen-bond acceptors (Lipinski definition) is 3. The molecule has 0 aromatic carbocycles. The first-order chi connectivity index (χ1) is 8.90. The van der Waals surface area contributed by atoms with E-state index in [0.29, 0.717) is 12.1 Å². The SMILES string of the molecule is CCc1nn(C)cc1Nc1cccc(C(F)(F)F)n1. The van der Waals surface area contributed by atoms with Crippen molar-refractivity contribution in [3.63, 3.8) is 0 Å². The summed E-state index contributed by atoms with van der Waals surface area (Å²) in [7, 11) is 1.75. The maximum atomic E-state index is 12.5. The molecule has 0 unspecified atom stereocenters. The van der Waals surface area contributed by atoms with Gasteiger partial charge < -0.3 is 5.32 Å². The predicted molar refractivity (Wildman–Crippen MR) is 65.1 cm³/mol. The fourth-order valence-corrected chi connectivity index (χ4v) is 1.70. The third-order valence-electron chi connectivity index (χ3n) is 2.54. The molecule has 7 heteroatoms. The summed E-state index contributed by atoms with van der Waals surface area (Å²) in [6, 6.07) is 3.75. The lowest BCUT2D eigenvalue weighted by atomic mass is 10.3. The normalized spacial score (nSPS) is 11.6. The van der Waals surface area contributed by atoms with E-state index in [4.69, 9.17) is 0 Å². The number of pyridine rings is 1. The zero-order valence-corrected chi connectivity index (χ0v) is 10.5. The van der Waals surface area contributed by atoms with Crippen molar-refractivity contribution < 1.29 is 13.2 Å². The molecule has 0 atom stereocenters. The average Bonchev–Trinajstić information content (AvgIpc) is 2.69. The fraction of sp³-hybridized carbons (Fsp3) is 0.333. The topological polar surface area (TPSA) is 42.7 Å². The van der Waals surface area contributed by atoms with E-state index in [-0.39, 0.29) is 5.82 Å². The molecule has 4 nitrogen and oxygen atoms in total. The molecule has 0 saturated carbocycles. The van der Waals surface area contributed by atoms with Crippen LogP contribution in [0.3, 0.4) is 0 Å². The fourth-order valence-electron chi connectivity index (χ4n) is 1.70. The minimum Gasteiger partial charge on any atom is -0.337 e. The van der Waals surface area contributed by atoms with Crippen molar-refractivity contribution in [3.8, 4) is 0 Å². The summed E-state index contributed by atoms with van der Waals surface area (Å²) in [5, 5.41) is 7.06. The van der Waals surface area contributed by atoms with E-state index in [1.54, 1.807) is 17.9 Å². The molecule has 0 bridgehead atoms. The Morgan fingerprint density at radius 1 is 1.32 bits per heavy atom. The highest BCUT2D eigenvalue weighted by atomic mass is 19.4. The van der Waals surface area contributed by atoms with Crippen LogP contribution in [-0.4, -0.2) is 14.8 Å². The number of halogens is 3. The van der Waals surface area contributed by atoms with Crippen LogP contribution in [0.4, 0.5) is 24.7 Å². The molecule has 2 heterocycles. The highest BCUT2D eigenvalue weighted by molar-refractivity contribution is 5.58. The molecule has 0 aliphatic heterocycles. The number of alkyl halides is 3. The van der Waals surface area contributed by atoms with Crippen LogP contribution in [0.1, 0.15) is 18.3 Å². The molecule has 2 aromatic heterocycles. The number of anilines is 2. The molecular weight excluding hydrogens is 257 g/mol. The molecule has 1 N–H and O–H groups in total. The third kappa shape index (κ3) is 3.04. The van der Waals surface area contributed by atoms with Gasteiger partial charge in [0.05, 0.1) is 11.4 Å². The lowest BCUT2D eigenvalue weighted by Gasteiger charge is -2.09. The molecule has 0 saturated heterocycles. The molecule has 102 valence electrons. The molecule has 19 heavy (non-hydrogen) atoms. The highest BCUT2D eigenvalue weighted by Crippen LogP contribution is 2.29. The van der Waals surface area contributed by atoms with Crippen molar-refractivity contribution in [1.82, 2.24) is 14.8 Å². The molecule has 0 amide bonds. The average molecular weight is 270 g/mol. The van der Waals surface area contributed by atoms with Crippen LogP contribution < -0.4 is 5.32 Å². The van der Waals surface area contributed by atoms with Gasteiger partial charge in [0.2, 0.25) is 0 Å². The van der Waals surface area contributed by atoms with Gasteiger partial charge in [-0.1, -0.05) is 13.0 Å². The lowest BCUT2D eigenvalue weighted by molar-refractivity contribution is -0.141. The summed E-state index contributed by atoms with van der Waals surface area (Å²) in [6.45, 7) is 1.92. The van der Waals surface area contributed by atoms with E-state index in [0.717, 1.165) is 11.8 Å². The highest BCUT2D eigenvalue weighted by Gasteiger charge is 2.32. The minimum atomic E-state index is -4.44. The first kappa shape index (κ1) is 13.4. The van der Waals surface area contributed by atoms with Gasteiger partial charge in [-0.05, 0) is 18.6 Å². The van der Waals surface area contributed by atoms with E-state index in [1.807, 2.05) is 6.92 Å². The number of nitrogens with zero attached hydrogens (tertiary/aromatic N) is 3. The van der Waals surface area contributed by atoms with Gasteiger partial charge in [-0.15, -0.1) is 0 Å². The minimum absolute atomic E-state index is 0.150. The molecular formula is C12H13F3N4. The van der Waals surface area contributed by atoms with Gasteiger partial charge in [-0.3, -0.25) is 4.68 Å². The van der Waals surface area contributed by atoms with E-state index in [1.165, 1.54) is 12.1 Å². The van der Waals surface area contributed by atoms with Crippen LogP contribution in [0.25, 0.3) is 0 Å². The van der Waals surface area contributed by atoms with Crippen molar-refractivity contribution >= 4 is 11.5 Å². The van der Waals surface area contributed by atoms with Gasteiger partial charge in [0.25, 0.3) is 0 Å². The maximum Gasteiger partial charge on any atom is 0.433 e. The Balaban J connectivity index is 2.28. The molecule has 0 fully saturated rings. The first-order valence-corrected chi connectivity index (χ1v) is 5.74. The number of rotatable bonds is 3. The van der Waals surface area contributed by atoms with E-state index < -0.39 is 11.9 Å². The van der Waals surface area contributed by atoms with Gasteiger partial charge in [0.1, 0.15) is 11.5 Å². The molecule has 2 aromatic rings. The van der Waals surface area contributed by atoms with Crippen molar-refractivity contribution in [2.75, 3.05) is 5.32 Å². The quantitative estimate of drug-likeness (QED) is 0.931. The molecule has 0 spiro atoms. The van der Waals surface area contributed by atoms with Crippen molar-refractivity contribution in [2.24, 2.45) is 7.05 Å². The molecule has 2 rings (SSSR count). The largest absolute Gasteiger partial charge is 0.433 e. The zero-order chi connectivity index (χ0) is 14.0. The van der Waals surface area contributed by atoms with E-state index in [2.05, 4.69) is 15.4 Å². The van der Waals surface area contributed by atoms with Gasteiger partial charge in [-0.2, -0.15) is 18.3 Å².